The third kappa shape index (κ3) is 6.25. The summed E-state index contributed by atoms with van der Waals surface area (Å²) in [6.07, 6.45) is -0.501. The summed E-state index contributed by atoms with van der Waals surface area (Å²) in [5, 5.41) is 16.4. The van der Waals surface area contributed by atoms with Crippen LogP contribution in [-0.4, -0.2) is 63.9 Å². The van der Waals surface area contributed by atoms with E-state index in [0.717, 1.165) is 11.9 Å². The molecular formula is C21H26F3N7O4S. The molecule has 15 heteroatoms. The quantitative estimate of drug-likeness (QED) is 0.403. The number of fused-ring (bicyclic) bond motifs is 1. The Morgan fingerprint density at radius 3 is 2.81 bits per heavy atom. The van der Waals surface area contributed by atoms with Gasteiger partial charge in [-0.25, -0.2) is 22.7 Å². The molecule has 3 aromatic heterocycles. The molecule has 3 atom stereocenters. The van der Waals surface area contributed by atoms with Crippen LogP contribution in [0.15, 0.2) is 24.5 Å². The minimum atomic E-state index is -4.53. The number of sulfone groups is 1. The Morgan fingerprint density at radius 2 is 2.11 bits per heavy atom. The molecule has 1 aliphatic carbocycles. The lowest BCUT2D eigenvalue weighted by atomic mass is 10.0. The van der Waals surface area contributed by atoms with E-state index in [1.54, 1.807) is 18.3 Å². The molecule has 3 heterocycles. The zero-order chi connectivity index (χ0) is 26.1. The molecule has 196 valence electrons. The number of nitrogens with one attached hydrogen (secondary N) is 3. The summed E-state index contributed by atoms with van der Waals surface area (Å²) in [5.74, 6) is 0.686. The van der Waals surface area contributed by atoms with Crippen molar-refractivity contribution >= 4 is 33.1 Å². The Labute approximate surface area is 204 Å². The predicted octanol–water partition coefficient (Wildman–Crippen LogP) is 3.44. The first-order valence-corrected chi connectivity index (χ1v) is 13.3. The van der Waals surface area contributed by atoms with Crippen molar-refractivity contribution < 1.29 is 31.1 Å². The number of alkyl halides is 3. The lowest BCUT2D eigenvalue weighted by molar-refractivity contribution is -0.155. The van der Waals surface area contributed by atoms with Crippen LogP contribution >= 0.6 is 0 Å². The largest absolute Gasteiger partial charge is 0.446 e. The standard InChI is InChI=1S/C21H26F3N7O4S/c1-3-17(21(22,23)24)26-20(32)35-14-5-4-12(8-14)15-10-18(29-28-15)27-19-16-9-13(11-36(2,33)34)30-31(16)7-6-25-19/h6-7,9-10,12,14,17H,3-5,8,11H2,1-2H3,(H,26,32)(H2,25,27,28,29)/t12-,14+,17?/m0/s1. The van der Waals surface area contributed by atoms with Gasteiger partial charge in [-0.05, 0) is 31.7 Å². The van der Waals surface area contributed by atoms with E-state index < -0.39 is 34.3 Å². The Bertz CT molecular complexity index is 1340. The first kappa shape index (κ1) is 25.7. The summed E-state index contributed by atoms with van der Waals surface area (Å²) in [7, 11) is -3.25. The molecule has 1 amide bonds. The molecule has 0 aliphatic heterocycles. The van der Waals surface area contributed by atoms with E-state index in [1.807, 2.05) is 5.32 Å². The zero-order valence-corrected chi connectivity index (χ0v) is 20.4. The predicted molar refractivity (Wildman–Crippen MR) is 124 cm³/mol. The summed E-state index contributed by atoms with van der Waals surface area (Å²) in [4.78, 5) is 16.2. The Kier molecular flexibility index (Phi) is 7.11. The van der Waals surface area contributed by atoms with Crippen LogP contribution in [0.4, 0.5) is 29.6 Å². The fourth-order valence-electron chi connectivity index (χ4n) is 4.21. The van der Waals surface area contributed by atoms with E-state index in [9.17, 15) is 26.4 Å². The van der Waals surface area contributed by atoms with Gasteiger partial charge in [0.2, 0.25) is 0 Å². The van der Waals surface area contributed by atoms with Crippen LogP contribution < -0.4 is 10.6 Å². The third-order valence-corrected chi connectivity index (χ3v) is 6.71. The van der Waals surface area contributed by atoms with Gasteiger partial charge < -0.3 is 15.4 Å². The maximum atomic E-state index is 12.9. The Hall–Kier alpha value is -3.36. The van der Waals surface area contributed by atoms with E-state index in [4.69, 9.17) is 4.74 Å². The van der Waals surface area contributed by atoms with Crippen molar-refractivity contribution in [2.24, 2.45) is 0 Å². The minimum Gasteiger partial charge on any atom is -0.446 e. The highest BCUT2D eigenvalue weighted by Crippen LogP contribution is 2.36. The van der Waals surface area contributed by atoms with E-state index in [0.29, 0.717) is 42.1 Å². The van der Waals surface area contributed by atoms with Gasteiger partial charge in [0.25, 0.3) is 0 Å². The summed E-state index contributed by atoms with van der Waals surface area (Å²) in [6, 6.07) is 1.47. The van der Waals surface area contributed by atoms with Crippen LogP contribution in [0.1, 0.15) is 49.9 Å². The number of aromatic amines is 1. The molecule has 3 N–H and O–H groups in total. The van der Waals surface area contributed by atoms with E-state index >= 15 is 0 Å². The van der Waals surface area contributed by atoms with Gasteiger partial charge in [0.15, 0.2) is 21.5 Å². The van der Waals surface area contributed by atoms with E-state index in [2.05, 4.69) is 25.6 Å². The van der Waals surface area contributed by atoms with Crippen LogP contribution in [-0.2, 0) is 20.3 Å². The molecule has 1 saturated carbocycles. The van der Waals surface area contributed by atoms with Crippen LogP contribution in [0, 0.1) is 0 Å². The molecule has 1 unspecified atom stereocenters. The number of carbonyl (C=O) groups is 1. The number of amides is 1. The number of ether oxygens (including phenoxy) is 1. The number of alkyl carbamates (subject to hydrolysis) is 1. The highest BCUT2D eigenvalue weighted by molar-refractivity contribution is 7.89. The lowest BCUT2D eigenvalue weighted by Crippen LogP contribution is -2.45. The third-order valence-electron chi connectivity index (χ3n) is 5.89. The number of halogens is 3. The average Bonchev–Trinajstić information content (AvgIpc) is 3.50. The highest BCUT2D eigenvalue weighted by Gasteiger charge is 2.40. The van der Waals surface area contributed by atoms with Gasteiger partial charge in [0.1, 0.15) is 17.7 Å². The smallest absolute Gasteiger partial charge is 0.408 e. The summed E-state index contributed by atoms with van der Waals surface area (Å²) in [5.41, 5.74) is 1.74. The zero-order valence-electron chi connectivity index (χ0n) is 19.5. The van der Waals surface area contributed by atoms with E-state index in [-0.39, 0.29) is 18.1 Å². The number of aromatic nitrogens is 5. The summed E-state index contributed by atoms with van der Waals surface area (Å²) < 4.78 is 68.5. The van der Waals surface area contributed by atoms with Gasteiger partial charge in [-0.1, -0.05) is 6.92 Å². The van der Waals surface area contributed by atoms with Crippen molar-refractivity contribution in [3.8, 4) is 0 Å². The Morgan fingerprint density at radius 1 is 1.33 bits per heavy atom. The van der Waals surface area contributed by atoms with Crippen molar-refractivity contribution in [1.82, 2.24) is 30.1 Å². The lowest BCUT2D eigenvalue weighted by Gasteiger charge is -2.21. The normalized spacial score (nSPS) is 19.4. The van der Waals surface area contributed by atoms with Crippen LogP contribution in [0.2, 0.25) is 0 Å². The van der Waals surface area contributed by atoms with Gasteiger partial charge in [0, 0.05) is 36.3 Å². The fraction of sp³-hybridized carbons (Fsp3) is 0.524. The molecule has 11 nitrogen and oxygen atoms in total. The number of carbonyl (C=O) groups excluding carboxylic acids is 1. The first-order valence-electron chi connectivity index (χ1n) is 11.3. The first-order chi connectivity index (χ1) is 16.9. The van der Waals surface area contributed by atoms with Gasteiger partial charge >= 0.3 is 12.3 Å². The fourth-order valence-corrected chi connectivity index (χ4v) is 4.89. The maximum Gasteiger partial charge on any atom is 0.408 e. The monoisotopic (exact) mass is 529 g/mol. The van der Waals surface area contributed by atoms with Crippen LogP contribution in [0.5, 0.6) is 0 Å². The molecule has 0 radical (unpaired) electrons. The molecule has 0 spiro atoms. The number of rotatable bonds is 8. The molecule has 1 aliphatic rings. The SMILES string of the molecule is CCC(NC(=O)O[C@@H]1CC[C@H](c2cc(Nc3nccn4nc(CS(C)(=O)=O)cc34)n[nH]2)C1)C(F)(F)F. The van der Waals surface area contributed by atoms with Gasteiger partial charge in [-0.15, -0.1) is 0 Å². The second-order valence-corrected chi connectivity index (χ2v) is 11.0. The van der Waals surface area contributed by atoms with Crippen molar-refractivity contribution in [2.75, 3.05) is 11.6 Å². The van der Waals surface area contributed by atoms with Crippen molar-refractivity contribution in [1.29, 1.82) is 0 Å². The second kappa shape index (κ2) is 9.95. The number of nitrogens with zero attached hydrogens (tertiary/aromatic N) is 4. The minimum absolute atomic E-state index is 0.0180. The molecule has 36 heavy (non-hydrogen) atoms. The number of hydrogen-bond acceptors (Lipinski definition) is 8. The number of H-pyrrole nitrogens is 1. The van der Waals surface area contributed by atoms with Crippen LogP contribution in [0.25, 0.3) is 5.52 Å². The van der Waals surface area contributed by atoms with Crippen molar-refractivity contribution in [2.45, 2.75) is 62.6 Å². The molecule has 3 aromatic rings. The number of hydrogen-bond donors (Lipinski definition) is 3. The number of anilines is 2. The highest BCUT2D eigenvalue weighted by atomic mass is 32.2. The molecular weight excluding hydrogens is 503 g/mol. The summed E-state index contributed by atoms with van der Waals surface area (Å²) in [6.45, 7) is 1.34. The van der Waals surface area contributed by atoms with Gasteiger partial charge in [0.05, 0.1) is 11.4 Å². The van der Waals surface area contributed by atoms with Gasteiger partial charge in [-0.3, -0.25) is 5.10 Å². The molecule has 0 bridgehead atoms. The van der Waals surface area contributed by atoms with Gasteiger partial charge in [-0.2, -0.15) is 23.4 Å². The molecule has 0 aromatic carbocycles. The Balaban J connectivity index is 1.37. The topological polar surface area (TPSA) is 143 Å². The van der Waals surface area contributed by atoms with Crippen molar-refractivity contribution in [3.05, 3.63) is 35.9 Å². The van der Waals surface area contributed by atoms with Crippen molar-refractivity contribution in [3.63, 3.8) is 0 Å². The van der Waals surface area contributed by atoms with Crippen LogP contribution in [0.3, 0.4) is 0 Å². The molecule has 1 fully saturated rings. The second-order valence-electron chi connectivity index (χ2n) is 8.83. The molecule has 4 rings (SSSR count). The maximum absolute atomic E-state index is 12.9. The molecule has 0 saturated heterocycles. The average molecular weight is 530 g/mol. The summed E-state index contributed by atoms with van der Waals surface area (Å²) >= 11 is 0. The van der Waals surface area contributed by atoms with E-state index in [1.165, 1.54) is 17.6 Å².